The summed E-state index contributed by atoms with van der Waals surface area (Å²) in [4.78, 5) is 35.3. The van der Waals surface area contributed by atoms with E-state index in [1.54, 1.807) is 27.7 Å². The Balaban J connectivity index is 2.44. The van der Waals surface area contributed by atoms with Crippen LogP contribution in [0.25, 0.3) is 0 Å². The molecule has 0 N–H and O–H groups in total. The Morgan fingerprint density at radius 3 is 2.52 bits per heavy atom. The predicted octanol–water partition coefficient (Wildman–Crippen LogP) is 3.41. The average molecular weight is 370 g/mol. The average Bonchev–Trinajstić information content (AvgIpc) is 3.22. The van der Waals surface area contributed by atoms with Crippen molar-refractivity contribution in [3.63, 3.8) is 0 Å². The second-order valence-corrected chi connectivity index (χ2v) is 7.31. The maximum absolute atomic E-state index is 12.8. The van der Waals surface area contributed by atoms with Gasteiger partial charge in [-0.05, 0) is 45.7 Å². The van der Waals surface area contributed by atoms with E-state index in [9.17, 15) is 19.7 Å². The van der Waals surface area contributed by atoms with Crippen molar-refractivity contribution in [2.45, 2.75) is 45.1 Å². The molecule has 0 bridgehead atoms. The number of nitrogens with zero attached hydrogens (tertiary/aromatic N) is 1. The van der Waals surface area contributed by atoms with Gasteiger partial charge < -0.3 is 9.47 Å². The molecule has 0 saturated heterocycles. The molecular weight excluding hydrogens is 350 g/mol. The normalized spacial score (nSPS) is 22.2. The molecule has 0 radical (unpaired) electrons. The molecule has 1 saturated carbocycles. The summed E-state index contributed by atoms with van der Waals surface area (Å²) in [5, 5.41) is 10.8. The molecule has 1 aliphatic carbocycles. The Hall–Kier alpha value is -2.15. The number of hydrogen-bond donors (Lipinski definition) is 0. The molecule has 0 amide bonds. The van der Waals surface area contributed by atoms with Crippen LogP contribution in [0.15, 0.2) is 18.2 Å². The SMILES string of the molecule is CCOC(=O)C1CC1(C(=O)OC(C)(C)C)c1ccc([N+](=O)[O-])c(Cl)c1. The van der Waals surface area contributed by atoms with E-state index in [-0.39, 0.29) is 23.7 Å². The fourth-order valence-corrected chi connectivity index (χ4v) is 3.00. The summed E-state index contributed by atoms with van der Waals surface area (Å²) in [6, 6.07) is 4.01. The number of hydrogen-bond acceptors (Lipinski definition) is 6. The Bertz CT molecular complexity index is 726. The molecule has 2 unspecified atom stereocenters. The summed E-state index contributed by atoms with van der Waals surface area (Å²) in [6.07, 6.45) is 0.217. The zero-order valence-corrected chi connectivity index (χ0v) is 15.3. The van der Waals surface area contributed by atoms with Gasteiger partial charge in [0.2, 0.25) is 0 Å². The molecule has 0 aromatic heterocycles. The summed E-state index contributed by atoms with van der Waals surface area (Å²) in [6.45, 7) is 7.05. The van der Waals surface area contributed by atoms with Gasteiger partial charge in [-0.1, -0.05) is 17.7 Å². The lowest BCUT2D eigenvalue weighted by Gasteiger charge is -2.24. The summed E-state index contributed by atoms with van der Waals surface area (Å²) in [7, 11) is 0. The molecular formula is C17H20ClNO6. The number of nitro benzene ring substituents is 1. The van der Waals surface area contributed by atoms with E-state index in [1.807, 2.05) is 0 Å². The van der Waals surface area contributed by atoms with Gasteiger partial charge in [0.1, 0.15) is 16.0 Å². The molecule has 8 heteroatoms. The fraction of sp³-hybridized carbons (Fsp3) is 0.529. The minimum atomic E-state index is -1.22. The number of halogens is 1. The van der Waals surface area contributed by atoms with Crippen LogP contribution in [-0.4, -0.2) is 29.1 Å². The lowest BCUT2D eigenvalue weighted by Crippen LogP contribution is -2.34. The number of rotatable bonds is 5. The molecule has 1 aromatic carbocycles. The van der Waals surface area contributed by atoms with Gasteiger partial charge in [0, 0.05) is 6.07 Å². The fourth-order valence-electron chi connectivity index (χ4n) is 2.75. The van der Waals surface area contributed by atoms with Crippen LogP contribution >= 0.6 is 11.6 Å². The van der Waals surface area contributed by atoms with Gasteiger partial charge in [0.25, 0.3) is 5.69 Å². The maximum Gasteiger partial charge on any atom is 0.318 e. The zero-order valence-electron chi connectivity index (χ0n) is 14.5. The summed E-state index contributed by atoms with van der Waals surface area (Å²) >= 11 is 5.97. The largest absolute Gasteiger partial charge is 0.466 e. The summed E-state index contributed by atoms with van der Waals surface area (Å²) in [5.74, 6) is -1.76. The highest BCUT2D eigenvalue weighted by molar-refractivity contribution is 6.32. The number of nitro groups is 1. The predicted molar refractivity (Wildman–Crippen MR) is 90.4 cm³/mol. The first-order valence-corrected chi connectivity index (χ1v) is 8.25. The van der Waals surface area contributed by atoms with E-state index in [0.29, 0.717) is 5.56 Å². The van der Waals surface area contributed by atoms with E-state index >= 15 is 0 Å². The Labute approximate surface area is 150 Å². The smallest absolute Gasteiger partial charge is 0.318 e. The van der Waals surface area contributed by atoms with Crippen LogP contribution in [-0.2, 0) is 24.5 Å². The van der Waals surface area contributed by atoms with Gasteiger partial charge in [-0.25, -0.2) is 0 Å². The monoisotopic (exact) mass is 369 g/mol. The van der Waals surface area contributed by atoms with Crippen LogP contribution in [0.4, 0.5) is 5.69 Å². The zero-order chi connectivity index (χ0) is 19.0. The molecule has 1 fully saturated rings. The third kappa shape index (κ3) is 3.76. The molecule has 0 heterocycles. The van der Waals surface area contributed by atoms with Gasteiger partial charge in [0.05, 0.1) is 17.4 Å². The van der Waals surface area contributed by atoms with Crippen molar-refractivity contribution in [3.8, 4) is 0 Å². The van der Waals surface area contributed by atoms with Crippen LogP contribution in [0.5, 0.6) is 0 Å². The molecule has 136 valence electrons. The van der Waals surface area contributed by atoms with Crippen LogP contribution in [0.1, 0.15) is 39.7 Å². The Morgan fingerprint density at radius 2 is 2.04 bits per heavy atom. The highest BCUT2D eigenvalue weighted by Gasteiger charge is 2.67. The number of carbonyl (C=O) groups is 2. The van der Waals surface area contributed by atoms with Crippen LogP contribution in [0.2, 0.25) is 5.02 Å². The number of carbonyl (C=O) groups excluding carboxylic acids is 2. The highest BCUT2D eigenvalue weighted by Crippen LogP contribution is 2.57. The van der Waals surface area contributed by atoms with Crippen molar-refractivity contribution in [2.75, 3.05) is 6.61 Å². The van der Waals surface area contributed by atoms with Gasteiger partial charge in [-0.15, -0.1) is 0 Å². The second kappa shape index (κ2) is 6.63. The first kappa shape index (κ1) is 19.2. The number of ether oxygens (including phenoxy) is 2. The quantitative estimate of drug-likeness (QED) is 0.448. The van der Waals surface area contributed by atoms with Crippen LogP contribution in [0.3, 0.4) is 0 Å². The van der Waals surface area contributed by atoms with Gasteiger partial charge >= 0.3 is 11.9 Å². The summed E-state index contributed by atoms with van der Waals surface area (Å²) < 4.78 is 10.5. The van der Waals surface area contributed by atoms with Crippen molar-refractivity contribution in [2.24, 2.45) is 5.92 Å². The third-order valence-corrected chi connectivity index (χ3v) is 4.26. The lowest BCUT2D eigenvalue weighted by molar-refractivity contribution is -0.384. The maximum atomic E-state index is 12.8. The highest BCUT2D eigenvalue weighted by atomic mass is 35.5. The third-order valence-electron chi connectivity index (χ3n) is 3.95. The molecule has 2 atom stereocenters. The van der Waals surface area contributed by atoms with E-state index < -0.39 is 33.8 Å². The van der Waals surface area contributed by atoms with Gasteiger partial charge in [-0.2, -0.15) is 0 Å². The van der Waals surface area contributed by atoms with Crippen molar-refractivity contribution in [1.29, 1.82) is 0 Å². The molecule has 1 aromatic rings. The molecule has 2 rings (SSSR count). The van der Waals surface area contributed by atoms with Crippen LogP contribution in [0, 0.1) is 16.0 Å². The number of benzene rings is 1. The Kier molecular flexibility index (Phi) is 5.09. The van der Waals surface area contributed by atoms with E-state index in [0.717, 1.165) is 0 Å². The minimum Gasteiger partial charge on any atom is -0.466 e. The molecule has 7 nitrogen and oxygen atoms in total. The van der Waals surface area contributed by atoms with Gasteiger partial charge in [0.15, 0.2) is 0 Å². The molecule has 0 aliphatic heterocycles. The topological polar surface area (TPSA) is 95.7 Å². The lowest BCUT2D eigenvalue weighted by atomic mass is 9.92. The molecule has 0 spiro atoms. The van der Waals surface area contributed by atoms with Crippen molar-refractivity contribution in [1.82, 2.24) is 0 Å². The van der Waals surface area contributed by atoms with E-state index in [4.69, 9.17) is 21.1 Å². The summed E-state index contributed by atoms with van der Waals surface area (Å²) in [5.41, 5.74) is -1.82. The van der Waals surface area contributed by atoms with Crippen molar-refractivity contribution < 1.29 is 24.0 Å². The van der Waals surface area contributed by atoms with E-state index in [1.165, 1.54) is 18.2 Å². The second-order valence-electron chi connectivity index (χ2n) is 6.91. The van der Waals surface area contributed by atoms with Crippen molar-refractivity contribution in [3.05, 3.63) is 38.9 Å². The first-order valence-electron chi connectivity index (χ1n) is 7.87. The molecule has 25 heavy (non-hydrogen) atoms. The molecule has 1 aliphatic rings. The standard InChI is InChI=1S/C17H20ClNO6/c1-5-24-14(20)11-9-17(11,15(21)25-16(2,3)4)10-6-7-13(19(22)23)12(18)8-10/h6-8,11H,5,9H2,1-4H3. The Morgan fingerprint density at radius 1 is 1.40 bits per heavy atom. The minimum absolute atomic E-state index is 0.0973. The first-order chi connectivity index (χ1) is 11.5. The van der Waals surface area contributed by atoms with Crippen molar-refractivity contribution >= 4 is 29.2 Å². The van der Waals surface area contributed by atoms with Gasteiger partial charge in [-0.3, -0.25) is 19.7 Å². The van der Waals surface area contributed by atoms with Crippen LogP contribution < -0.4 is 0 Å². The van der Waals surface area contributed by atoms with E-state index in [2.05, 4.69) is 0 Å². The number of esters is 2.